The highest BCUT2D eigenvalue weighted by atomic mass is 14.5. The van der Waals surface area contributed by atoms with Crippen molar-refractivity contribution < 1.29 is 0 Å². The Kier molecular flexibility index (Phi) is 3.85. The van der Waals surface area contributed by atoms with E-state index in [9.17, 15) is 0 Å². The van der Waals surface area contributed by atoms with Crippen LogP contribution in [0.1, 0.15) is 26.7 Å². The standard InChI is InChI=1S/C8H15N/c1-4-7(3)8(5-2)6-9/h6H,3-5,9H2,1-2H3/b8-6-. The molecule has 0 aromatic rings. The van der Waals surface area contributed by atoms with Gasteiger partial charge in [-0.3, -0.25) is 0 Å². The van der Waals surface area contributed by atoms with Gasteiger partial charge in [-0.2, -0.15) is 0 Å². The number of rotatable bonds is 3. The van der Waals surface area contributed by atoms with Gasteiger partial charge in [0.25, 0.3) is 0 Å². The van der Waals surface area contributed by atoms with Gasteiger partial charge >= 0.3 is 0 Å². The van der Waals surface area contributed by atoms with Gasteiger partial charge in [-0.15, -0.1) is 0 Å². The maximum Gasteiger partial charge on any atom is -0.00273 e. The van der Waals surface area contributed by atoms with Crippen molar-refractivity contribution in [2.45, 2.75) is 26.7 Å². The molecule has 0 rings (SSSR count). The molecule has 1 heteroatoms. The first-order chi connectivity index (χ1) is 4.26. The van der Waals surface area contributed by atoms with Crippen molar-refractivity contribution in [3.8, 4) is 0 Å². The smallest absolute Gasteiger partial charge is 0.00273 e. The number of nitrogens with two attached hydrogens (primary N) is 1. The molecular formula is C8H15N. The molecule has 0 heterocycles. The average Bonchev–Trinajstić information content (AvgIpc) is 1.90. The lowest BCUT2D eigenvalue weighted by Crippen LogP contribution is -1.90. The van der Waals surface area contributed by atoms with E-state index in [1.807, 2.05) is 0 Å². The Morgan fingerprint density at radius 3 is 2.11 bits per heavy atom. The van der Waals surface area contributed by atoms with E-state index >= 15 is 0 Å². The van der Waals surface area contributed by atoms with Gasteiger partial charge in [-0.25, -0.2) is 0 Å². The Hall–Kier alpha value is -0.720. The van der Waals surface area contributed by atoms with E-state index in [1.54, 1.807) is 6.20 Å². The molecule has 0 saturated heterocycles. The van der Waals surface area contributed by atoms with Crippen LogP contribution in [0.3, 0.4) is 0 Å². The molecule has 0 aliphatic heterocycles. The molecule has 0 fully saturated rings. The molecule has 0 amide bonds. The van der Waals surface area contributed by atoms with Gasteiger partial charge in [-0.05, 0) is 24.6 Å². The van der Waals surface area contributed by atoms with Gasteiger partial charge in [0.1, 0.15) is 0 Å². The highest BCUT2D eigenvalue weighted by Crippen LogP contribution is 2.12. The molecule has 52 valence electrons. The summed E-state index contributed by atoms with van der Waals surface area (Å²) in [6.45, 7) is 8.03. The van der Waals surface area contributed by atoms with Crippen molar-refractivity contribution in [3.05, 3.63) is 23.9 Å². The Balaban J connectivity index is 3.97. The third kappa shape index (κ3) is 2.36. The van der Waals surface area contributed by atoms with E-state index in [-0.39, 0.29) is 0 Å². The van der Waals surface area contributed by atoms with E-state index in [2.05, 4.69) is 20.4 Å². The summed E-state index contributed by atoms with van der Waals surface area (Å²) in [7, 11) is 0. The second-order valence-corrected chi connectivity index (χ2v) is 2.00. The van der Waals surface area contributed by atoms with E-state index in [0.717, 1.165) is 18.4 Å². The van der Waals surface area contributed by atoms with Gasteiger partial charge in [0.05, 0.1) is 0 Å². The Morgan fingerprint density at radius 2 is 2.00 bits per heavy atom. The third-order valence-corrected chi connectivity index (χ3v) is 1.46. The largest absolute Gasteiger partial charge is 0.404 e. The molecule has 0 radical (unpaired) electrons. The first-order valence-electron chi connectivity index (χ1n) is 3.35. The Bertz CT molecular complexity index is 123. The molecule has 0 unspecified atom stereocenters. The zero-order chi connectivity index (χ0) is 7.28. The molecule has 2 N–H and O–H groups in total. The summed E-state index contributed by atoms with van der Waals surface area (Å²) in [5, 5.41) is 0. The quantitative estimate of drug-likeness (QED) is 0.575. The lowest BCUT2D eigenvalue weighted by Gasteiger charge is -2.02. The van der Waals surface area contributed by atoms with Crippen LogP contribution in [0, 0.1) is 0 Å². The van der Waals surface area contributed by atoms with E-state index in [1.165, 1.54) is 5.57 Å². The van der Waals surface area contributed by atoms with E-state index in [0.29, 0.717) is 0 Å². The minimum atomic E-state index is 0.989. The van der Waals surface area contributed by atoms with Gasteiger partial charge in [-0.1, -0.05) is 26.0 Å². The third-order valence-electron chi connectivity index (χ3n) is 1.46. The topological polar surface area (TPSA) is 26.0 Å². The fraction of sp³-hybridized carbons (Fsp3) is 0.500. The lowest BCUT2D eigenvalue weighted by molar-refractivity contribution is 1.02. The van der Waals surface area contributed by atoms with E-state index < -0.39 is 0 Å². The molecule has 0 aromatic carbocycles. The Morgan fingerprint density at radius 1 is 1.44 bits per heavy atom. The highest BCUT2D eigenvalue weighted by Gasteiger charge is 1.94. The van der Waals surface area contributed by atoms with Crippen LogP contribution in [0.2, 0.25) is 0 Å². The number of allylic oxidation sites excluding steroid dienone is 2. The second-order valence-electron chi connectivity index (χ2n) is 2.00. The maximum absolute atomic E-state index is 5.34. The molecule has 9 heavy (non-hydrogen) atoms. The van der Waals surface area contributed by atoms with Crippen molar-refractivity contribution in [2.24, 2.45) is 5.73 Å². The lowest BCUT2D eigenvalue weighted by atomic mass is 10.0. The first-order valence-corrected chi connectivity index (χ1v) is 3.35. The van der Waals surface area contributed by atoms with Crippen LogP contribution in [-0.2, 0) is 0 Å². The minimum Gasteiger partial charge on any atom is -0.404 e. The summed E-state index contributed by atoms with van der Waals surface area (Å²) in [4.78, 5) is 0. The van der Waals surface area contributed by atoms with Gasteiger partial charge in [0, 0.05) is 0 Å². The van der Waals surface area contributed by atoms with Crippen molar-refractivity contribution in [2.75, 3.05) is 0 Å². The fourth-order valence-corrected chi connectivity index (χ4v) is 0.713. The summed E-state index contributed by atoms with van der Waals surface area (Å²) in [6.07, 6.45) is 3.63. The van der Waals surface area contributed by atoms with Crippen LogP contribution in [0.4, 0.5) is 0 Å². The van der Waals surface area contributed by atoms with E-state index in [4.69, 9.17) is 5.73 Å². The molecule has 0 aliphatic rings. The SMILES string of the molecule is C=C(CC)/C(=C\N)CC. The van der Waals surface area contributed by atoms with Crippen molar-refractivity contribution >= 4 is 0 Å². The summed E-state index contributed by atoms with van der Waals surface area (Å²) in [5.41, 5.74) is 7.67. The first kappa shape index (κ1) is 8.28. The number of hydrogen-bond acceptors (Lipinski definition) is 1. The summed E-state index contributed by atoms with van der Waals surface area (Å²) in [5.74, 6) is 0. The highest BCUT2D eigenvalue weighted by molar-refractivity contribution is 5.26. The van der Waals surface area contributed by atoms with Gasteiger partial charge in [0.15, 0.2) is 0 Å². The summed E-state index contributed by atoms with van der Waals surface area (Å²) >= 11 is 0. The molecule has 0 aliphatic carbocycles. The van der Waals surface area contributed by atoms with Crippen molar-refractivity contribution in [1.82, 2.24) is 0 Å². The van der Waals surface area contributed by atoms with Crippen LogP contribution in [-0.4, -0.2) is 0 Å². The zero-order valence-electron chi connectivity index (χ0n) is 6.28. The van der Waals surface area contributed by atoms with Gasteiger partial charge < -0.3 is 5.73 Å². The average molecular weight is 125 g/mol. The molecule has 0 saturated carbocycles. The maximum atomic E-state index is 5.34. The van der Waals surface area contributed by atoms with Crippen LogP contribution in [0.5, 0.6) is 0 Å². The monoisotopic (exact) mass is 125 g/mol. The van der Waals surface area contributed by atoms with Crippen molar-refractivity contribution in [1.29, 1.82) is 0 Å². The summed E-state index contributed by atoms with van der Waals surface area (Å²) in [6, 6.07) is 0. The number of hydrogen-bond donors (Lipinski definition) is 1. The predicted molar refractivity (Wildman–Crippen MR) is 42.0 cm³/mol. The predicted octanol–water partition coefficient (Wildman–Crippen LogP) is 2.21. The second kappa shape index (κ2) is 4.19. The van der Waals surface area contributed by atoms with Crippen LogP contribution in [0.25, 0.3) is 0 Å². The van der Waals surface area contributed by atoms with Crippen LogP contribution < -0.4 is 5.73 Å². The molecular weight excluding hydrogens is 110 g/mol. The van der Waals surface area contributed by atoms with Crippen LogP contribution in [0.15, 0.2) is 23.9 Å². The molecule has 0 aromatic heterocycles. The summed E-state index contributed by atoms with van der Waals surface area (Å²) < 4.78 is 0. The molecule has 1 nitrogen and oxygen atoms in total. The van der Waals surface area contributed by atoms with Crippen molar-refractivity contribution in [3.63, 3.8) is 0 Å². The molecule has 0 atom stereocenters. The molecule has 0 bridgehead atoms. The fourth-order valence-electron chi connectivity index (χ4n) is 0.713. The van der Waals surface area contributed by atoms with Crippen LogP contribution >= 0.6 is 0 Å². The minimum absolute atomic E-state index is 0.989. The Labute approximate surface area is 57.3 Å². The molecule has 0 spiro atoms. The van der Waals surface area contributed by atoms with Gasteiger partial charge in [0.2, 0.25) is 0 Å². The zero-order valence-corrected chi connectivity index (χ0v) is 6.28. The normalized spacial score (nSPS) is 11.6.